The molecule has 0 aliphatic carbocycles. The minimum Gasteiger partial charge on any atom is -0.372 e. The van der Waals surface area contributed by atoms with E-state index in [1.807, 2.05) is 11.8 Å². The van der Waals surface area contributed by atoms with Crippen LogP contribution in [0.4, 0.5) is 14.5 Å². The summed E-state index contributed by atoms with van der Waals surface area (Å²) >= 11 is 0. The zero-order valence-electron chi connectivity index (χ0n) is 8.84. The van der Waals surface area contributed by atoms with E-state index in [0.717, 1.165) is 25.6 Å². The Morgan fingerprint density at radius 3 is 2.53 bits per heavy atom. The van der Waals surface area contributed by atoms with E-state index in [4.69, 9.17) is 5.73 Å². The van der Waals surface area contributed by atoms with Gasteiger partial charge < -0.3 is 10.6 Å². The van der Waals surface area contributed by atoms with Crippen LogP contribution in [0.3, 0.4) is 0 Å². The monoisotopic (exact) mass is 214 g/mol. The van der Waals surface area contributed by atoms with Gasteiger partial charge in [-0.25, -0.2) is 8.78 Å². The molecule has 0 aromatic heterocycles. The van der Waals surface area contributed by atoms with Crippen LogP contribution in [0.25, 0.3) is 0 Å². The standard InChI is InChI=1S/C11H16F2N2/c1-2-15(7-3-6-14)9-4-5-10(12)11(13)8-9/h4-5,8H,2-3,6-7,14H2,1H3. The number of rotatable bonds is 5. The van der Waals surface area contributed by atoms with Crippen LogP contribution in [0.5, 0.6) is 0 Å². The molecule has 0 fully saturated rings. The second-order valence-electron chi connectivity index (χ2n) is 3.32. The Labute approximate surface area is 88.7 Å². The van der Waals surface area contributed by atoms with Crippen molar-refractivity contribution in [2.45, 2.75) is 13.3 Å². The quantitative estimate of drug-likeness (QED) is 0.813. The fraction of sp³-hybridized carbons (Fsp3) is 0.455. The van der Waals surface area contributed by atoms with Gasteiger partial charge in [0.2, 0.25) is 0 Å². The molecule has 0 amide bonds. The van der Waals surface area contributed by atoms with E-state index in [9.17, 15) is 8.78 Å². The molecule has 0 spiro atoms. The van der Waals surface area contributed by atoms with Gasteiger partial charge in [-0.2, -0.15) is 0 Å². The molecule has 0 atom stereocenters. The number of nitrogens with two attached hydrogens (primary N) is 1. The molecule has 0 saturated heterocycles. The van der Waals surface area contributed by atoms with Crippen LogP contribution >= 0.6 is 0 Å². The van der Waals surface area contributed by atoms with Gasteiger partial charge in [-0.1, -0.05) is 0 Å². The average Bonchev–Trinajstić information content (AvgIpc) is 2.24. The first-order valence-corrected chi connectivity index (χ1v) is 5.09. The minimum atomic E-state index is -0.811. The van der Waals surface area contributed by atoms with Crippen LogP contribution in [0.15, 0.2) is 18.2 Å². The summed E-state index contributed by atoms with van der Waals surface area (Å²) in [5.41, 5.74) is 6.10. The first kappa shape index (κ1) is 11.9. The van der Waals surface area contributed by atoms with Crippen molar-refractivity contribution in [1.82, 2.24) is 0 Å². The van der Waals surface area contributed by atoms with Crippen LogP contribution in [0, 0.1) is 11.6 Å². The molecule has 0 unspecified atom stereocenters. The molecule has 0 radical (unpaired) electrons. The lowest BCUT2D eigenvalue weighted by atomic mass is 10.2. The van der Waals surface area contributed by atoms with E-state index in [1.54, 1.807) is 6.07 Å². The number of hydrogen-bond donors (Lipinski definition) is 1. The molecule has 1 aromatic rings. The third kappa shape index (κ3) is 3.16. The Balaban J connectivity index is 2.78. The van der Waals surface area contributed by atoms with Crippen molar-refractivity contribution in [1.29, 1.82) is 0 Å². The van der Waals surface area contributed by atoms with Gasteiger partial charge in [0, 0.05) is 24.8 Å². The SMILES string of the molecule is CCN(CCCN)c1ccc(F)c(F)c1. The summed E-state index contributed by atoms with van der Waals surface area (Å²) in [7, 11) is 0. The van der Waals surface area contributed by atoms with Gasteiger partial charge in [0.1, 0.15) is 0 Å². The highest BCUT2D eigenvalue weighted by Crippen LogP contribution is 2.17. The predicted octanol–water partition coefficient (Wildman–Crippen LogP) is 2.14. The van der Waals surface area contributed by atoms with Gasteiger partial charge in [0.15, 0.2) is 11.6 Å². The first-order chi connectivity index (χ1) is 7.19. The van der Waals surface area contributed by atoms with Crippen LogP contribution < -0.4 is 10.6 Å². The van der Waals surface area contributed by atoms with E-state index >= 15 is 0 Å². The highest BCUT2D eigenvalue weighted by molar-refractivity contribution is 5.46. The highest BCUT2D eigenvalue weighted by Gasteiger charge is 2.07. The lowest BCUT2D eigenvalue weighted by Gasteiger charge is -2.22. The molecule has 84 valence electrons. The number of halogens is 2. The van der Waals surface area contributed by atoms with Crippen LogP contribution in [-0.2, 0) is 0 Å². The Morgan fingerprint density at radius 1 is 1.27 bits per heavy atom. The smallest absolute Gasteiger partial charge is 0.160 e. The summed E-state index contributed by atoms with van der Waals surface area (Å²) in [6.07, 6.45) is 0.840. The summed E-state index contributed by atoms with van der Waals surface area (Å²) in [6, 6.07) is 3.95. The third-order valence-corrected chi connectivity index (χ3v) is 2.28. The number of anilines is 1. The predicted molar refractivity (Wildman–Crippen MR) is 57.9 cm³/mol. The molecule has 0 saturated carbocycles. The third-order valence-electron chi connectivity index (χ3n) is 2.28. The Morgan fingerprint density at radius 2 is 2.00 bits per heavy atom. The zero-order chi connectivity index (χ0) is 11.3. The molecule has 1 rings (SSSR count). The number of hydrogen-bond acceptors (Lipinski definition) is 2. The van der Waals surface area contributed by atoms with Crippen LogP contribution in [-0.4, -0.2) is 19.6 Å². The maximum atomic E-state index is 13.0. The molecule has 4 heteroatoms. The second kappa shape index (κ2) is 5.66. The number of nitrogens with zero attached hydrogens (tertiary/aromatic N) is 1. The summed E-state index contributed by atoms with van der Waals surface area (Å²) in [5, 5.41) is 0. The minimum absolute atomic E-state index is 0.597. The van der Waals surface area contributed by atoms with E-state index in [2.05, 4.69) is 0 Å². The molecule has 15 heavy (non-hydrogen) atoms. The molecule has 0 aliphatic rings. The van der Waals surface area contributed by atoms with Crippen molar-refractivity contribution in [3.05, 3.63) is 29.8 Å². The van der Waals surface area contributed by atoms with Gasteiger partial charge in [0.05, 0.1) is 0 Å². The normalized spacial score (nSPS) is 10.4. The van der Waals surface area contributed by atoms with Gasteiger partial charge in [-0.3, -0.25) is 0 Å². The molecular weight excluding hydrogens is 198 g/mol. The topological polar surface area (TPSA) is 29.3 Å². The van der Waals surface area contributed by atoms with Crippen molar-refractivity contribution in [3.63, 3.8) is 0 Å². The molecule has 0 aliphatic heterocycles. The van der Waals surface area contributed by atoms with Crippen molar-refractivity contribution >= 4 is 5.69 Å². The maximum Gasteiger partial charge on any atom is 0.160 e. The van der Waals surface area contributed by atoms with Gasteiger partial charge >= 0.3 is 0 Å². The average molecular weight is 214 g/mol. The van der Waals surface area contributed by atoms with Gasteiger partial charge in [0.25, 0.3) is 0 Å². The first-order valence-electron chi connectivity index (χ1n) is 5.09. The summed E-state index contributed by atoms with van der Waals surface area (Å²) in [4.78, 5) is 1.97. The van der Waals surface area contributed by atoms with Gasteiger partial charge in [-0.05, 0) is 32.0 Å². The Kier molecular flexibility index (Phi) is 4.49. The van der Waals surface area contributed by atoms with Crippen LogP contribution in [0.2, 0.25) is 0 Å². The lowest BCUT2D eigenvalue weighted by Crippen LogP contribution is -2.25. The summed E-state index contributed by atoms with van der Waals surface area (Å²) in [6.45, 7) is 4.08. The lowest BCUT2D eigenvalue weighted by molar-refractivity contribution is 0.508. The molecule has 0 bridgehead atoms. The van der Waals surface area contributed by atoms with Crippen molar-refractivity contribution < 1.29 is 8.78 Å². The molecule has 2 N–H and O–H groups in total. The van der Waals surface area contributed by atoms with Crippen molar-refractivity contribution in [2.75, 3.05) is 24.5 Å². The summed E-state index contributed by atoms with van der Waals surface area (Å²) in [5.74, 6) is -1.62. The fourth-order valence-corrected chi connectivity index (χ4v) is 1.43. The van der Waals surface area contributed by atoms with Gasteiger partial charge in [-0.15, -0.1) is 0 Å². The number of benzene rings is 1. The Hall–Kier alpha value is -1.16. The van der Waals surface area contributed by atoms with E-state index in [-0.39, 0.29) is 0 Å². The maximum absolute atomic E-state index is 13.0. The molecule has 2 nitrogen and oxygen atoms in total. The fourth-order valence-electron chi connectivity index (χ4n) is 1.43. The van der Waals surface area contributed by atoms with Crippen molar-refractivity contribution in [3.8, 4) is 0 Å². The molecular formula is C11H16F2N2. The largest absolute Gasteiger partial charge is 0.372 e. The van der Waals surface area contributed by atoms with Crippen molar-refractivity contribution in [2.24, 2.45) is 5.73 Å². The molecule has 1 aromatic carbocycles. The second-order valence-corrected chi connectivity index (χ2v) is 3.32. The zero-order valence-corrected chi connectivity index (χ0v) is 8.84. The van der Waals surface area contributed by atoms with E-state index in [0.29, 0.717) is 12.2 Å². The van der Waals surface area contributed by atoms with E-state index in [1.165, 1.54) is 6.07 Å². The molecule has 0 heterocycles. The highest BCUT2D eigenvalue weighted by atomic mass is 19.2. The Bertz CT molecular complexity index is 315. The van der Waals surface area contributed by atoms with Crippen LogP contribution in [0.1, 0.15) is 13.3 Å². The van der Waals surface area contributed by atoms with E-state index < -0.39 is 11.6 Å². The summed E-state index contributed by atoms with van der Waals surface area (Å²) < 4.78 is 25.7.